The van der Waals surface area contributed by atoms with E-state index < -0.39 is 0 Å². The van der Waals surface area contributed by atoms with E-state index in [1.54, 1.807) is 29.7 Å². The average molecular weight is 341 g/mol. The van der Waals surface area contributed by atoms with Gasteiger partial charge in [-0.15, -0.1) is 11.3 Å². The number of thiophene rings is 1. The van der Waals surface area contributed by atoms with Gasteiger partial charge >= 0.3 is 0 Å². The molecule has 0 aliphatic carbocycles. The standard InChI is InChI=1S/C17H19N5OS/c18-10-13-2-1-5-20-17(13)21-7-6-19-16(23)12-22-8-3-15-14(11-22)4-9-24-15/h1-2,4-5,9H,3,6-8,11-12H2,(H,19,23)(H,20,21). The molecule has 124 valence electrons. The van der Waals surface area contributed by atoms with Gasteiger partial charge in [-0.3, -0.25) is 9.69 Å². The van der Waals surface area contributed by atoms with Gasteiger partial charge in [-0.05, 0) is 35.6 Å². The van der Waals surface area contributed by atoms with Gasteiger partial charge in [0.2, 0.25) is 5.91 Å². The van der Waals surface area contributed by atoms with Gasteiger partial charge < -0.3 is 10.6 Å². The highest BCUT2D eigenvalue weighted by atomic mass is 32.1. The van der Waals surface area contributed by atoms with Gasteiger partial charge in [-0.2, -0.15) is 5.26 Å². The zero-order valence-corrected chi connectivity index (χ0v) is 14.1. The molecular formula is C17H19N5OS. The Bertz CT molecular complexity index is 751. The number of carbonyl (C=O) groups excluding carboxylic acids is 1. The van der Waals surface area contributed by atoms with Crippen molar-refractivity contribution in [1.82, 2.24) is 15.2 Å². The van der Waals surface area contributed by atoms with E-state index in [0.29, 0.717) is 31.0 Å². The van der Waals surface area contributed by atoms with Crippen LogP contribution in [-0.2, 0) is 17.8 Å². The van der Waals surface area contributed by atoms with Crippen molar-refractivity contribution in [2.45, 2.75) is 13.0 Å². The zero-order chi connectivity index (χ0) is 16.8. The molecule has 3 heterocycles. The summed E-state index contributed by atoms with van der Waals surface area (Å²) in [6.07, 6.45) is 2.66. The Morgan fingerprint density at radius 3 is 3.21 bits per heavy atom. The molecular weight excluding hydrogens is 322 g/mol. The minimum absolute atomic E-state index is 0.0250. The number of hydrogen-bond acceptors (Lipinski definition) is 6. The van der Waals surface area contributed by atoms with Gasteiger partial charge in [0.15, 0.2) is 0 Å². The fraction of sp³-hybridized carbons (Fsp3) is 0.353. The Morgan fingerprint density at radius 2 is 2.33 bits per heavy atom. The van der Waals surface area contributed by atoms with Crippen LogP contribution in [0.3, 0.4) is 0 Å². The van der Waals surface area contributed by atoms with Crippen LogP contribution in [0.25, 0.3) is 0 Å². The molecule has 0 fully saturated rings. The summed E-state index contributed by atoms with van der Waals surface area (Å²) in [5.74, 6) is 0.576. The number of anilines is 1. The number of hydrogen-bond donors (Lipinski definition) is 2. The van der Waals surface area contributed by atoms with Crippen LogP contribution in [0.1, 0.15) is 16.0 Å². The first-order valence-corrected chi connectivity index (χ1v) is 8.77. The third-order valence-electron chi connectivity index (χ3n) is 3.92. The summed E-state index contributed by atoms with van der Waals surface area (Å²) in [5.41, 5.74) is 1.85. The Hall–Kier alpha value is -2.43. The van der Waals surface area contributed by atoms with Crippen LogP contribution in [-0.4, -0.2) is 42.0 Å². The van der Waals surface area contributed by atoms with Gasteiger partial charge in [0.05, 0.1) is 12.1 Å². The summed E-state index contributed by atoms with van der Waals surface area (Å²) in [6, 6.07) is 7.67. The van der Waals surface area contributed by atoms with E-state index >= 15 is 0 Å². The van der Waals surface area contributed by atoms with Crippen molar-refractivity contribution in [2.24, 2.45) is 0 Å². The smallest absolute Gasteiger partial charge is 0.234 e. The quantitative estimate of drug-likeness (QED) is 0.780. The number of rotatable bonds is 6. The molecule has 3 rings (SSSR count). The van der Waals surface area contributed by atoms with Crippen molar-refractivity contribution < 1.29 is 4.79 Å². The molecule has 0 saturated heterocycles. The van der Waals surface area contributed by atoms with Crippen molar-refractivity contribution in [1.29, 1.82) is 5.26 Å². The van der Waals surface area contributed by atoms with Gasteiger partial charge in [0.25, 0.3) is 0 Å². The maximum Gasteiger partial charge on any atom is 0.234 e. The largest absolute Gasteiger partial charge is 0.367 e. The predicted octanol–water partition coefficient (Wildman–Crippen LogP) is 1.60. The molecule has 0 atom stereocenters. The first-order valence-electron chi connectivity index (χ1n) is 7.89. The average Bonchev–Trinajstić information content (AvgIpc) is 3.07. The number of amides is 1. The Balaban J connectivity index is 1.38. The van der Waals surface area contributed by atoms with Crippen molar-refractivity contribution >= 4 is 23.1 Å². The minimum Gasteiger partial charge on any atom is -0.367 e. The first kappa shape index (κ1) is 16.4. The molecule has 1 aliphatic heterocycles. The molecule has 7 heteroatoms. The lowest BCUT2D eigenvalue weighted by Gasteiger charge is -2.26. The van der Waals surface area contributed by atoms with Gasteiger partial charge in [0, 0.05) is 37.3 Å². The Kier molecular flexibility index (Phi) is 5.41. The summed E-state index contributed by atoms with van der Waals surface area (Å²) in [5, 5.41) is 17.1. The molecule has 2 aromatic heterocycles. The van der Waals surface area contributed by atoms with Gasteiger partial charge in [0.1, 0.15) is 11.9 Å². The maximum absolute atomic E-state index is 12.1. The summed E-state index contributed by atoms with van der Waals surface area (Å²) in [4.78, 5) is 19.8. The van der Waals surface area contributed by atoms with E-state index in [4.69, 9.17) is 5.26 Å². The van der Waals surface area contributed by atoms with E-state index in [2.05, 4.69) is 38.0 Å². The first-order chi connectivity index (χ1) is 11.8. The van der Waals surface area contributed by atoms with E-state index in [1.165, 1.54) is 10.4 Å². The second-order valence-corrected chi connectivity index (χ2v) is 6.62. The Morgan fingerprint density at radius 1 is 1.42 bits per heavy atom. The number of nitriles is 1. The highest BCUT2D eigenvalue weighted by Crippen LogP contribution is 2.23. The highest BCUT2D eigenvalue weighted by Gasteiger charge is 2.18. The van der Waals surface area contributed by atoms with Crippen LogP contribution in [0.15, 0.2) is 29.8 Å². The molecule has 2 aromatic rings. The SMILES string of the molecule is N#Cc1cccnc1NCCNC(=O)CN1CCc2sccc2C1. The molecule has 0 radical (unpaired) electrons. The maximum atomic E-state index is 12.1. The molecule has 0 saturated carbocycles. The normalized spacial score (nSPS) is 13.8. The zero-order valence-electron chi connectivity index (χ0n) is 13.3. The molecule has 24 heavy (non-hydrogen) atoms. The second kappa shape index (κ2) is 7.90. The number of pyridine rings is 1. The third kappa shape index (κ3) is 4.10. The van der Waals surface area contributed by atoms with E-state index in [9.17, 15) is 4.79 Å². The summed E-state index contributed by atoms with van der Waals surface area (Å²) in [6.45, 7) is 3.23. The van der Waals surface area contributed by atoms with Crippen molar-refractivity contribution in [3.63, 3.8) is 0 Å². The lowest BCUT2D eigenvalue weighted by molar-refractivity contribution is -0.122. The van der Waals surface area contributed by atoms with E-state index in [-0.39, 0.29) is 5.91 Å². The topological polar surface area (TPSA) is 81.0 Å². The van der Waals surface area contributed by atoms with Crippen molar-refractivity contribution in [2.75, 3.05) is 31.5 Å². The second-order valence-electron chi connectivity index (χ2n) is 5.62. The number of carbonyl (C=O) groups is 1. The summed E-state index contributed by atoms with van der Waals surface area (Å²) in [7, 11) is 0. The summed E-state index contributed by atoms with van der Waals surface area (Å²) < 4.78 is 0. The molecule has 6 nitrogen and oxygen atoms in total. The van der Waals surface area contributed by atoms with Crippen molar-refractivity contribution in [3.05, 3.63) is 45.8 Å². The summed E-state index contributed by atoms with van der Waals surface area (Å²) >= 11 is 1.80. The third-order valence-corrected chi connectivity index (χ3v) is 4.94. The lowest BCUT2D eigenvalue weighted by atomic mass is 10.1. The fourth-order valence-corrected chi connectivity index (χ4v) is 3.61. The van der Waals surface area contributed by atoms with Gasteiger partial charge in [-0.1, -0.05) is 0 Å². The van der Waals surface area contributed by atoms with Gasteiger partial charge in [-0.25, -0.2) is 4.98 Å². The van der Waals surface area contributed by atoms with E-state index in [1.807, 2.05) is 0 Å². The van der Waals surface area contributed by atoms with Crippen LogP contribution in [0.5, 0.6) is 0 Å². The molecule has 0 spiro atoms. The van der Waals surface area contributed by atoms with Crippen LogP contribution < -0.4 is 10.6 Å². The number of nitrogens with zero attached hydrogens (tertiary/aromatic N) is 3. The molecule has 0 aromatic carbocycles. The molecule has 2 N–H and O–H groups in total. The highest BCUT2D eigenvalue weighted by molar-refractivity contribution is 7.10. The Labute approximate surface area is 145 Å². The number of aromatic nitrogens is 1. The number of fused-ring (bicyclic) bond motifs is 1. The fourth-order valence-electron chi connectivity index (χ4n) is 2.72. The van der Waals surface area contributed by atoms with Crippen molar-refractivity contribution in [3.8, 4) is 6.07 Å². The minimum atomic E-state index is 0.0250. The molecule has 0 bridgehead atoms. The predicted molar refractivity (Wildman–Crippen MR) is 93.8 cm³/mol. The van der Waals surface area contributed by atoms with Crippen LogP contribution in [0.4, 0.5) is 5.82 Å². The van der Waals surface area contributed by atoms with E-state index in [0.717, 1.165) is 19.5 Å². The molecule has 1 aliphatic rings. The molecule has 1 amide bonds. The number of nitrogens with one attached hydrogen (secondary N) is 2. The monoisotopic (exact) mass is 341 g/mol. The van der Waals surface area contributed by atoms with Crippen LogP contribution in [0.2, 0.25) is 0 Å². The van der Waals surface area contributed by atoms with Crippen LogP contribution in [0, 0.1) is 11.3 Å². The lowest BCUT2D eigenvalue weighted by Crippen LogP contribution is -2.40. The molecule has 0 unspecified atom stereocenters. The van der Waals surface area contributed by atoms with Crippen LogP contribution >= 0.6 is 11.3 Å².